The van der Waals surface area contributed by atoms with Gasteiger partial charge in [0.05, 0.1) is 5.92 Å². The van der Waals surface area contributed by atoms with E-state index in [0.717, 1.165) is 5.56 Å². The summed E-state index contributed by atoms with van der Waals surface area (Å²) in [5.74, 6) is 0.512. The van der Waals surface area contributed by atoms with E-state index in [0.29, 0.717) is 23.3 Å². The number of rotatable bonds is 1. The Bertz CT molecular complexity index is 725. The molecular weight excluding hydrogens is 276 g/mol. The molecular formula is C18H18N2O2. The number of carbonyl (C=O) groups excluding carboxylic acids is 1. The summed E-state index contributed by atoms with van der Waals surface area (Å²) in [4.78, 5) is 12.8. The average Bonchev–Trinajstić information content (AvgIpc) is 2.52. The van der Waals surface area contributed by atoms with Gasteiger partial charge in [0.1, 0.15) is 17.4 Å². The van der Waals surface area contributed by atoms with Crippen LogP contribution in [0.4, 0.5) is 0 Å². The van der Waals surface area contributed by atoms with Crippen molar-refractivity contribution in [2.75, 3.05) is 0 Å². The van der Waals surface area contributed by atoms with Crippen LogP contribution in [0, 0.1) is 23.2 Å². The maximum absolute atomic E-state index is 12.8. The second kappa shape index (κ2) is 5.34. The molecule has 0 saturated heterocycles. The summed E-state index contributed by atoms with van der Waals surface area (Å²) >= 11 is 0. The molecule has 1 aromatic rings. The molecule has 2 aliphatic rings. The Balaban J connectivity index is 2.19. The largest absolute Gasteiger partial charge is 0.444 e. The Kier molecular flexibility index (Phi) is 3.50. The van der Waals surface area contributed by atoms with Gasteiger partial charge in [-0.25, -0.2) is 0 Å². The third-order valence-electron chi connectivity index (χ3n) is 4.67. The zero-order valence-electron chi connectivity index (χ0n) is 12.7. The molecule has 0 fully saturated rings. The number of hydrogen-bond donors (Lipinski definition) is 1. The summed E-state index contributed by atoms with van der Waals surface area (Å²) in [5, 5.41) is 9.49. The number of ketones is 1. The molecule has 0 radical (unpaired) electrons. The summed E-state index contributed by atoms with van der Waals surface area (Å²) in [6.45, 7) is 3.97. The molecule has 3 atom stereocenters. The van der Waals surface area contributed by atoms with Crippen molar-refractivity contribution in [2.24, 2.45) is 17.6 Å². The molecule has 4 nitrogen and oxygen atoms in total. The van der Waals surface area contributed by atoms with Crippen molar-refractivity contribution in [3.05, 3.63) is 58.7 Å². The minimum Gasteiger partial charge on any atom is -0.444 e. The monoisotopic (exact) mass is 294 g/mol. The Morgan fingerprint density at radius 1 is 1.27 bits per heavy atom. The number of nitrogens with two attached hydrogens (primary N) is 1. The summed E-state index contributed by atoms with van der Waals surface area (Å²) in [6, 6.07) is 11.7. The zero-order chi connectivity index (χ0) is 15.9. The van der Waals surface area contributed by atoms with Crippen molar-refractivity contribution in [3.63, 3.8) is 0 Å². The highest BCUT2D eigenvalue weighted by molar-refractivity contribution is 6.01. The van der Waals surface area contributed by atoms with E-state index in [9.17, 15) is 10.1 Å². The van der Waals surface area contributed by atoms with Crippen molar-refractivity contribution in [3.8, 4) is 6.07 Å². The lowest BCUT2D eigenvalue weighted by atomic mass is 9.71. The van der Waals surface area contributed by atoms with Gasteiger partial charge >= 0.3 is 0 Å². The molecule has 0 saturated carbocycles. The molecule has 1 heterocycles. The van der Waals surface area contributed by atoms with Crippen LogP contribution in [0.5, 0.6) is 0 Å². The number of nitrogens with zero attached hydrogens (tertiary/aromatic N) is 1. The summed E-state index contributed by atoms with van der Waals surface area (Å²) in [6.07, 6.45) is 0.672. The number of carbonyl (C=O) groups is 1. The van der Waals surface area contributed by atoms with Gasteiger partial charge in [-0.15, -0.1) is 0 Å². The highest BCUT2D eigenvalue weighted by atomic mass is 16.5. The summed E-state index contributed by atoms with van der Waals surface area (Å²) in [7, 11) is 0. The fourth-order valence-electron chi connectivity index (χ4n) is 3.19. The van der Waals surface area contributed by atoms with E-state index in [2.05, 4.69) is 6.07 Å². The first-order chi connectivity index (χ1) is 10.5. The summed E-state index contributed by atoms with van der Waals surface area (Å²) < 4.78 is 5.63. The van der Waals surface area contributed by atoms with Crippen molar-refractivity contribution < 1.29 is 9.53 Å². The maximum Gasteiger partial charge on any atom is 0.205 e. The predicted octanol–water partition coefficient (Wildman–Crippen LogP) is 2.99. The Labute approximate surface area is 129 Å². The zero-order valence-corrected chi connectivity index (χ0v) is 12.7. The van der Waals surface area contributed by atoms with E-state index < -0.39 is 5.92 Å². The molecule has 0 spiro atoms. The minimum atomic E-state index is -0.419. The number of Topliss-reactive ketones (excluding diaryl/α,β-unsaturated/α-hetero) is 1. The first-order valence-corrected chi connectivity index (χ1v) is 7.44. The topological polar surface area (TPSA) is 76.1 Å². The number of benzene rings is 1. The van der Waals surface area contributed by atoms with Crippen molar-refractivity contribution in [1.82, 2.24) is 0 Å². The molecule has 2 N–H and O–H groups in total. The molecule has 3 rings (SSSR count). The highest BCUT2D eigenvalue weighted by Gasteiger charge is 2.42. The quantitative estimate of drug-likeness (QED) is 0.863. The number of nitriles is 1. The Morgan fingerprint density at radius 2 is 1.95 bits per heavy atom. The van der Waals surface area contributed by atoms with Gasteiger partial charge in [0.15, 0.2) is 5.78 Å². The van der Waals surface area contributed by atoms with Gasteiger partial charge in [0.25, 0.3) is 0 Å². The fourth-order valence-corrected chi connectivity index (χ4v) is 3.19. The number of hydrogen-bond acceptors (Lipinski definition) is 4. The second-order valence-electron chi connectivity index (χ2n) is 6.01. The normalized spacial score (nSPS) is 28.0. The molecule has 0 bridgehead atoms. The summed E-state index contributed by atoms with van der Waals surface area (Å²) in [5.41, 5.74) is 7.75. The SMILES string of the molecule is CC1CC2=C(C(=O)C1C)C(c1ccccc1)C(C#N)=C(N)O2. The van der Waals surface area contributed by atoms with Crippen LogP contribution in [-0.2, 0) is 9.53 Å². The van der Waals surface area contributed by atoms with Crippen LogP contribution < -0.4 is 5.73 Å². The molecule has 1 aromatic carbocycles. The molecule has 0 amide bonds. The first kappa shape index (κ1) is 14.4. The van der Waals surface area contributed by atoms with Crippen LogP contribution in [0.1, 0.15) is 31.7 Å². The van der Waals surface area contributed by atoms with Crippen LogP contribution in [0.2, 0.25) is 0 Å². The second-order valence-corrected chi connectivity index (χ2v) is 6.01. The van der Waals surface area contributed by atoms with Crippen LogP contribution in [0.15, 0.2) is 53.1 Å². The van der Waals surface area contributed by atoms with Crippen LogP contribution >= 0.6 is 0 Å². The van der Waals surface area contributed by atoms with Gasteiger partial charge in [-0.1, -0.05) is 44.2 Å². The van der Waals surface area contributed by atoms with E-state index in [-0.39, 0.29) is 23.5 Å². The number of ether oxygens (including phenoxy) is 1. The van der Waals surface area contributed by atoms with E-state index in [1.54, 1.807) is 0 Å². The van der Waals surface area contributed by atoms with Crippen molar-refractivity contribution in [1.29, 1.82) is 5.26 Å². The predicted molar refractivity (Wildman–Crippen MR) is 82.1 cm³/mol. The Morgan fingerprint density at radius 3 is 2.59 bits per heavy atom. The standard InChI is InChI=1S/C18H18N2O2/c1-10-8-14-16(17(21)11(10)2)15(12-6-4-3-5-7-12)13(9-19)18(20)22-14/h3-7,10-11,15H,8,20H2,1-2H3. The molecule has 112 valence electrons. The van der Waals surface area contributed by atoms with Gasteiger partial charge < -0.3 is 10.5 Å². The Hall–Kier alpha value is -2.54. The van der Waals surface area contributed by atoms with Gasteiger partial charge in [0, 0.05) is 17.9 Å². The molecule has 22 heavy (non-hydrogen) atoms. The van der Waals surface area contributed by atoms with E-state index in [1.165, 1.54) is 0 Å². The van der Waals surface area contributed by atoms with E-state index in [4.69, 9.17) is 10.5 Å². The fraction of sp³-hybridized carbons (Fsp3) is 0.333. The molecule has 0 aromatic heterocycles. The van der Waals surface area contributed by atoms with E-state index >= 15 is 0 Å². The molecule has 1 aliphatic carbocycles. The molecule has 3 unspecified atom stereocenters. The van der Waals surface area contributed by atoms with Crippen LogP contribution in [0.25, 0.3) is 0 Å². The van der Waals surface area contributed by atoms with Crippen LogP contribution in [0.3, 0.4) is 0 Å². The smallest absolute Gasteiger partial charge is 0.205 e. The van der Waals surface area contributed by atoms with Gasteiger partial charge in [-0.05, 0) is 11.5 Å². The lowest BCUT2D eigenvalue weighted by molar-refractivity contribution is -0.121. The van der Waals surface area contributed by atoms with Gasteiger partial charge in [-0.2, -0.15) is 5.26 Å². The minimum absolute atomic E-state index is 0.0582. The van der Waals surface area contributed by atoms with Gasteiger partial charge in [-0.3, -0.25) is 4.79 Å². The van der Waals surface area contributed by atoms with Gasteiger partial charge in [0.2, 0.25) is 5.88 Å². The highest BCUT2D eigenvalue weighted by Crippen LogP contribution is 2.45. The molecule has 4 heteroatoms. The maximum atomic E-state index is 12.8. The molecule has 1 aliphatic heterocycles. The first-order valence-electron chi connectivity index (χ1n) is 7.44. The van der Waals surface area contributed by atoms with Crippen molar-refractivity contribution >= 4 is 5.78 Å². The van der Waals surface area contributed by atoms with E-state index in [1.807, 2.05) is 44.2 Å². The number of allylic oxidation sites excluding steroid dienone is 3. The third-order valence-corrected chi connectivity index (χ3v) is 4.67. The lowest BCUT2D eigenvalue weighted by Crippen LogP contribution is -2.34. The van der Waals surface area contributed by atoms with Crippen LogP contribution in [-0.4, -0.2) is 5.78 Å². The average molecular weight is 294 g/mol. The third kappa shape index (κ3) is 2.10. The lowest BCUT2D eigenvalue weighted by Gasteiger charge is -2.35. The van der Waals surface area contributed by atoms with Crippen molar-refractivity contribution in [2.45, 2.75) is 26.2 Å².